The molecule has 0 bridgehead atoms. The molecule has 0 amide bonds. The van der Waals surface area contributed by atoms with Gasteiger partial charge in [-0.1, -0.05) is 6.07 Å². The molecule has 1 aromatic rings. The van der Waals surface area contributed by atoms with Gasteiger partial charge in [-0.2, -0.15) is 0 Å². The van der Waals surface area contributed by atoms with Crippen molar-refractivity contribution >= 4 is 23.0 Å². The third-order valence-corrected chi connectivity index (χ3v) is 5.47. The topological polar surface area (TPSA) is 37.0 Å². The Morgan fingerprint density at radius 1 is 1.36 bits per heavy atom. The molecule has 25 heavy (non-hydrogen) atoms. The molecule has 2 heterocycles. The van der Waals surface area contributed by atoms with Gasteiger partial charge < -0.3 is 24.6 Å². The number of ether oxygens (including phenoxy) is 2. The van der Waals surface area contributed by atoms with Gasteiger partial charge in [-0.3, -0.25) is 0 Å². The van der Waals surface area contributed by atoms with E-state index in [1.807, 2.05) is 24.3 Å². The first-order valence-corrected chi connectivity index (χ1v) is 9.58. The average Bonchev–Trinajstić information content (AvgIpc) is 3.14. The molecule has 3 rings (SSSR count). The zero-order valence-corrected chi connectivity index (χ0v) is 16.1. The zero-order chi connectivity index (χ0) is 17.6. The second-order valence-electron chi connectivity index (χ2n) is 6.98. The Morgan fingerprint density at radius 2 is 2.16 bits per heavy atom. The van der Waals surface area contributed by atoms with Crippen molar-refractivity contribution in [1.29, 1.82) is 0 Å². The summed E-state index contributed by atoms with van der Waals surface area (Å²) >= 11 is 5.79. The minimum Gasteiger partial charge on any atom is -0.497 e. The standard InChI is InChI=1S/C19H29N3O2S/c1-21-10-8-16(9-11-21)22(14-18-7-4-12-24-18)19(25)20-15-5-3-6-17(13-15)23-2/h3,5-6,13,16,18H,4,7-12,14H2,1-2H3,(H,20,25). The molecule has 0 aromatic heterocycles. The predicted octanol–water partition coefficient (Wildman–Crippen LogP) is 2.97. The minimum atomic E-state index is 0.296. The number of nitrogens with one attached hydrogen (secondary N) is 1. The predicted molar refractivity (Wildman–Crippen MR) is 105 cm³/mol. The fourth-order valence-electron chi connectivity index (χ4n) is 3.61. The molecule has 1 aromatic carbocycles. The number of methoxy groups -OCH3 is 1. The quantitative estimate of drug-likeness (QED) is 0.811. The molecule has 5 nitrogen and oxygen atoms in total. The van der Waals surface area contributed by atoms with Gasteiger partial charge in [0.25, 0.3) is 0 Å². The van der Waals surface area contributed by atoms with Crippen LogP contribution >= 0.6 is 12.2 Å². The number of rotatable bonds is 5. The highest BCUT2D eigenvalue weighted by molar-refractivity contribution is 7.80. The van der Waals surface area contributed by atoms with Crippen LogP contribution in [0.1, 0.15) is 25.7 Å². The average molecular weight is 364 g/mol. The molecule has 0 saturated carbocycles. The SMILES string of the molecule is COc1cccc(NC(=S)N(CC2CCCO2)C2CCN(C)CC2)c1. The summed E-state index contributed by atoms with van der Waals surface area (Å²) in [5.74, 6) is 0.831. The van der Waals surface area contributed by atoms with Crippen molar-refractivity contribution in [2.75, 3.05) is 45.7 Å². The molecule has 2 saturated heterocycles. The highest BCUT2D eigenvalue weighted by Crippen LogP contribution is 2.22. The van der Waals surface area contributed by atoms with Gasteiger partial charge >= 0.3 is 0 Å². The second-order valence-corrected chi connectivity index (χ2v) is 7.37. The van der Waals surface area contributed by atoms with Crippen LogP contribution in [-0.2, 0) is 4.74 Å². The summed E-state index contributed by atoms with van der Waals surface area (Å²) in [6, 6.07) is 8.39. The molecule has 138 valence electrons. The molecule has 0 aliphatic carbocycles. The number of hydrogen-bond acceptors (Lipinski definition) is 4. The van der Waals surface area contributed by atoms with Gasteiger partial charge in [0.15, 0.2) is 5.11 Å². The Bertz CT molecular complexity index is 570. The lowest BCUT2D eigenvalue weighted by molar-refractivity contribution is 0.0724. The highest BCUT2D eigenvalue weighted by atomic mass is 32.1. The van der Waals surface area contributed by atoms with Crippen LogP contribution in [-0.4, -0.2) is 67.5 Å². The maximum Gasteiger partial charge on any atom is 0.173 e. The number of likely N-dealkylation sites (tertiary alicyclic amines) is 1. The van der Waals surface area contributed by atoms with E-state index in [1.54, 1.807) is 7.11 Å². The molecule has 0 radical (unpaired) electrons. The third kappa shape index (κ3) is 5.06. The maximum absolute atomic E-state index is 5.87. The van der Waals surface area contributed by atoms with E-state index >= 15 is 0 Å². The number of benzene rings is 1. The van der Waals surface area contributed by atoms with Gasteiger partial charge in [-0.05, 0) is 70.2 Å². The van der Waals surface area contributed by atoms with E-state index in [9.17, 15) is 0 Å². The summed E-state index contributed by atoms with van der Waals surface area (Å²) in [6.45, 7) is 4.00. The smallest absolute Gasteiger partial charge is 0.173 e. The summed E-state index contributed by atoms with van der Waals surface area (Å²) in [5, 5.41) is 4.20. The van der Waals surface area contributed by atoms with Crippen LogP contribution in [0.2, 0.25) is 0 Å². The van der Waals surface area contributed by atoms with E-state index in [0.29, 0.717) is 12.1 Å². The van der Waals surface area contributed by atoms with Crippen molar-refractivity contribution in [3.63, 3.8) is 0 Å². The molecule has 2 aliphatic heterocycles. The Kier molecular flexibility index (Phi) is 6.51. The Morgan fingerprint density at radius 3 is 2.84 bits per heavy atom. The highest BCUT2D eigenvalue weighted by Gasteiger charge is 2.28. The van der Waals surface area contributed by atoms with Crippen molar-refractivity contribution in [2.45, 2.75) is 37.8 Å². The van der Waals surface area contributed by atoms with Gasteiger partial charge in [0.05, 0.1) is 13.2 Å². The molecule has 1 atom stereocenters. The second kappa shape index (κ2) is 8.83. The fourth-order valence-corrected chi connectivity index (χ4v) is 3.95. The summed E-state index contributed by atoms with van der Waals surface area (Å²) in [4.78, 5) is 4.75. The number of hydrogen-bond donors (Lipinski definition) is 1. The van der Waals surface area contributed by atoms with Crippen LogP contribution in [0.4, 0.5) is 5.69 Å². The van der Waals surface area contributed by atoms with Crippen LogP contribution in [0.5, 0.6) is 5.75 Å². The van der Waals surface area contributed by atoms with E-state index in [2.05, 4.69) is 22.2 Å². The van der Waals surface area contributed by atoms with Crippen LogP contribution in [0.3, 0.4) is 0 Å². The van der Waals surface area contributed by atoms with Crippen molar-refractivity contribution < 1.29 is 9.47 Å². The van der Waals surface area contributed by atoms with Crippen molar-refractivity contribution in [3.8, 4) is 5.75 Å². The Balaban J connectivity index is 1.68. The summed E-state index contributed by atoms with van der Waals surface area (Å²) in [7, 11) is 3.87. The van der Waals surface area contributed by atoms with Crippen molar-refractivity contribution in [1.82, 2.24) is 9.80 Å². The monoisotopic (exact) mass is 363 g/mol. The first kappa shape index (κ1) is 18.4. The molecule has 2 aliphatic rings. The number of piperidine rings is 1. The fraction of sp³-hybridized carbons (Fsp3) is 0.632. The van der Waals surface area contributed by atoms with Gasteiger partial charge in [0.1, 0.15) is 5.75 Å². The van der Waals surface area contributed by atoms with E-state index in [0.717, 1.165) is 68.5 Å². The zero-order valence-electron chi connectivity index (χ0n) is 15.2. The molecule has 2 fully saturated rings. The maximum atomic E-state index is 5.87. The van der Waals surface area contributed by atoms with Gasteiger partial charge in [0.2, 0.25) is 0 Å². The molecule has 0 spiro atoms. The molecule has 1 N–H and O–H groups in total. The lowest BCUT2D eigenvalue weighted by Crippen LogP contribution is -2.50. The number of nitrogens with zero attached hydrogens (tertiary/aromatic N) is 2. The van der Waals surface area contributed by atoms with E-state index in [4.69, 9.17) is 21.7 Å². The lowest BCUT2D eigenvalue weighted by Gasteiger charge is -2.39. The number of anilines is 1. The van der Waals surface area contributed by atoms with Crippen LogP contribution < -0.4 is 10.1 Å². The van der Waals surface area contributed by atoms with Crippen LogP contribution in [0, 0.1) is 0 Å². The normalized spacial score (nSPS) is 21.9. The van der Waals surface area contributed by atoms with Crippen molar-refractivity contribution in [2.24, 2.45) is 0 Å². The Hall–Kier alpha value is -1.37. The van der Waals surface area contributed by atoms with E-state index in [1.165, 1.54) is 0 Å². The van der Waals surface area contributed by atoms with Gasteiger partial charge in [0, 0.05) is 30.9 Å². The molecular weight excluding hydrogens is 334 g/mol. The first-order chi connectivity index (χ1) is 12.2. The summed E-state index contributed by atoms with van der Waals surface area (Å²) in [6.07, 6.45) is 4.86. The van der Waals surface area contributed by atoms with Crippen LogP contribution in [0.15, 0.2) is 24.3 Å². The van der Waals surface area contributed by atoms with Gasteiger partial charge in [-0.15, -0.1) is 0 Å². The minimum absolute atomic E-state index is 0.296. The van der Waals surface area contributed by atoms with Crippen LogP contribution in [0.25, 0.3) is 0 Å². The van der Waals surface area contributed by atoms with E-state index in [-0.39, 0.29) is 0 Å². The first-order valence-electron chi connectivity index (χ1n) is 9.17. The third-order valence-electron chi connectivity index (χ3n) is 5.14. The van der Waals surface area contributed by atoms with E-state index < -0.39 is 0 Å². The lowest BCUT2D eigenvalue weighted by atomic mass is 10.0. The summed E-state index contributed by atoms with van der Waals surface area (Å²) in [5.41, 5.74) is 0.967. The van der Waals surface area contributed by atoms with Gasteiger partial charge in [-0.25, -0.2) is 0 Å². The molecule has 6 heteroatoms. The molecule has 1 unspecified atom stereocenters. The largest absolute Gasteiger partial charge is 0.497 e. The number of thiocarbonyl (C=S) groups is 1. The van der Waals surface area contributed by atoms with Crippen molar-refractivity contribution in [3.05, 3.63) is 24.3 Å². The summed E-state index contributed by atoms with van der Waals surface area (Å²) < 4.78 is 11.2. The molecular formula is C19H29N3O2S. The Labute approximate surface area is 156 Å².